The minimum absolute atomic E-state index is 0.0161. The molecule has 1 aromatic rings. The van der Waals surface area contributed by atoms with E-state index >= 15 is 0 Å². The van der Waals surface area contributed by atoms with Crippen LogP contribution in [0.15, 0.2) is 23.0 Å². The third-order valence-electron chi connectivity index (χ3n) is 8.02. The fourth-order valence-corrected chi connectivity index (χ4v) is 6.47. The van der Waals surface area contributed by atoms with Crippen molar-refractivity contribution in [3.05, 3.63) is 39.8 Å². The molecule has 3 heterocycles. The van der Waals surface area contributed by atoms with E-state index in [9.17, 15) is 19.5 Å². The van der Waals surface area contributed by atoms with Crippen molar-refractivity contribution in [3.63, 3.8) is 0 Å². The maximum absolute atomic E-state index is 13.3. The lowest BCUT2D eigenvalue weighted by atomic mass is 9.88. The zero-order valence-corrected chi connectivity index (χ0v) is 18.8. The number of carbonyl (C=O) groups excluding carboxylic acids is 2. The Morgan fingerprint density at radius 2 is 1.97 bits per heavy atom. The van der Waals surface area contributed by atoms with Gasteiger partial charge in [0.2, 0.25) is 11.8 Å². The highest BCUT2D eigenvalue weighted by molar-refractivity contribution is 5.89. The van der Waals surface area contributed by atoms with Crippen LogP contribution in [0.4, 0.5) is 0 Å². The second-order valence-corrected chi connectivity index (χ2v) is 9.75. The minimum Gasteiger partial charge on any atom is -0.396 e. The Kier molecular flexibility index (Phi) is 5.70. The minimum atomic E-state index is -0.691. The zero-order chi connectivity index (χ0) is 22.4. The van der Waals surface area contributed by atoms with Gasteiger partial charge >= 0.3 is 0 Å². The largest absolute Gasteiger partial charge is 0.396 e. The van der Waals surface area contributed by atoms with Crippen molar-refractivity contribution in [2.45, 2.75) is 83.0 Å². The number of carbonyl (C=O) groups is 2. The quantitative estimate of drug-likeness (QED) is 0.737. The van der Waals surface area contributed by atoms with Gasteiger partial charge in [-0.25, -0.2) is 0 Å². The molecule has 5 rings (SSSR count). The van der Waals surface area contributed by atoms with E-state index in [2.05, 4.69) is 11.4 Å². The van der Waals surface area contributed by atoms with E-state index in [1.54, 1.807) is 16.4 Å². The third kappa shape index (κ3) is 3.33. The van der Waals surface area contributed by atoms with E-state index in [0.29, 0.717) is 6.54 Å². The zero-order valence-electron chi connectivity index (χ0n) is 18.8. The van der Waals surface area contributed by atoms with Gasteiger partial charge in [-0.05, 0) is 49.8 Å². The SMILES string of the molecule is CCC(=O)N1[C@H](C(=O)NC2CCCC2)[C@@H](CO)[C@@H]2Cn3c(ccc(C4=CCCC4)c3=O)[C@@H]21. The predicted octanol–water partition coefficient (Wildman–Crippen LogP) is 2.37. The maximum atomic E-state index is 13.3. The topological polar surface area (TPSA) is 91.6 Å². The van der Waals surface area contributed by atoms with Gasteiger partial charge in [-0.1, -0.05) is 25.8 Å². The second-order valence-electron chi connectivity index (χ2n) is 9.75. The monoisotopic (exact) mass is 439 g/mol. The standard InChI is InChI=1S/C25H33N3O4/c1-2-21(30)28-22-18(19(14-29)23(28)24(31)26-16-9-5-6-10-16)13-27-20(22)12-11-17(25(27)32)15-7-3-4-8-15/h7,11-12,16,18-19,22-23,29H,2-6,8-10,13-14H2,1H3,(H,26,31)/t18-,19-,22+,23-/m0/s1. The Bertz CT molecular complexity index is 1010. The molecule has 172 valence electrons. The van der Waals surface area contributed by atoms with Gasteiger partial charge < -0.3 is 19.9 Å². The molecular weight excluding hydrogens is 406 g/mol. The lowest BCUT2D eigenvalue weighted by Gasteiger charge is -2.31. The molecule has 4 aliphatic rings. The van der Waals surface area contributed by atoms with E-state index in [0.717, 1.165) is 61.8 Å². The van der Waals surface area contributed by atoms with Gasteiger partial charge in [-0.15, -0.1) is 0 Å². The Morgan fingerprint density at radius 1 is 1.19 bits per heavy atom. The summed E-state index contributed by atoms with van der Waals surface area (Å²) in [7, 11) is 0. The molecule has 32 heavy (non-hydrogen) atoms. The van der Waals surface area contributed by atoms with Crippen LogP contribution in [0, 0.1) is 11.8 Å². The summed E-state index contributed by atoms with van der Waals surface area (Å²) in [5, 5.41) is 13.5. The Labute approximate surface area is 188 Å². The number of pyridine rings is 1. The highest BCUT2D eigenvalue weighted by Crippen LogP contribution is 2.49. The molecule has 1 saturated heterocycles. The summed E-state index contributed by atoms with van der Waals surface area (Å²) < 4.78 is 1.79. The molecule has 0 radical (unpaired) electrons. The van der Waals surface area contributed by atoms with Crippen LogP contribution in [0.3, 0.4) is 0 Å². The molecule has 1 saturated carbocycles. The van der Waals surface area contributed by atoms with Crippen molar-refractivity contribution >= 4 is 17.4 Å². The molecule has 7 heteroatoms. The molecule has 0 unspecified atom stereocenters. The summed E-state index contributed by atoms with van der Waals surface area (Å²) in [5.74, 6) is -0.791. The molecule has 0 aromatic carbocycles. The molecule has 2 N–H and O–H groups in total. The number of fused-ring (bicyclic) bond motifs is 3. The summed E-state index contributed by atoms with van der Waals surface area (Å²) in [6.07, 6.45) is 9.58. The molecule has 2 fully saturated rings. The molecule has 0 spiro atoms. The highest BCUT2D eigenvalue weighted by atomic mass is 16.3. The third-order valence-corrected chi connectivity index (χ3v) is 8.02. The number of allylic oxidation sites excluding steroid dienone is 2. The normalized spacial score (nSPS) is 29.2. The number of hydrogen-bond acceptors (Lipinski definition) is 4. The number of nitrogens with zero attached hydrogens (tertiary/aromatic N) is 2. The Balaban J connectivity index is 1.52. The molecule has 2 aliphatic carbocycles. The number of rotatable bonds is 5. The summed E-state index contributed by atoms with van der Waals surface area (Å²) in [6, 6.07) is 2.96. The molecular formula is C25H33N3O4. The summed E-state index contributed by atoms with van der Waals surface area (Å²) in [6.45, 7) is 2.05. The average Bonchev–Trinajstić information content (AvgIpc) is 3.57. The molecule has 2 amide bonds. The van der Waals surface area contributed by atoms with E-state index in [-0.39, 0.29) is 54.3 Å². The van der Waals surface area contributed by atoms with Gasteiger partial charge in [-0.2, -0.15) is 0 Å². The van der Waals surface area contributed by atoms with Crippen LogP contribution in [0.5, 0.6) is 0 Å². The smallest absolute Gasteiger partial charge is 0.258 e. The first-order valence-corrected chi connectivity index (χ1v) is 12.2. The van der Waals surface area contributed by atoms with Crippen molar-refractivity contribution in [2.24, 2.45) is 11.8 Å². The van der Waals surface area contributed by atoms with Gasteiger partial charge in [0.25, 0.3) is 5.56 Å². The van der Waals surface area contributed by atoms with Crippen LogP contribution in [0.1, 0.15) is 75.6 Å². The van der Waals surface area contributed by atoms with E-state index in [1.165, 1.54) is 0 Å². The lowest BCUT2D eigenvalue weighted by molar-refractivity contribution is -0.141. The molecule has 2 aliphatic heterocycles. The molecule has 1 aromatic heterocycles. The van der Waals surface area contributed by atoms with Crippen molar-refractivity contribution in [1.29, 1.82) is 0 Å². The average molecular weight is 440 g/mol. The molecule has 0 bridgehead atoms. The Hall–Kier alpha value is -2.41. The number of aliphatic hydroxyl groups is 1. The van der Waals surface area contributed by atoms with Gasteiger partial charge in [0.1, 0.15) is 6.04 Å². The van der Waals surface area contributed by atoms with E-state index in [4.69, 9.17) is 0 Å². The van der Waals surface area contributed by atoms with Gasteiger partial charge in [0, 0.05) is 48.7 Å². The summed E-state index contributed by atoms with van der Waals surface area (Å²) in [4.78, 5) is 41.5. The predicted molar refractivity (Wildman–Crippen MR) is 121 cm³/mol. The number of aliphatic hydroxyl groups excluding tert-OH is 1. The van der Waals surface area contributed by atoms with Crippen LogP contribution in [-0.4, -0.2) is 45.1 Å². The van der Waals surface area contributed by atoms with E-state index < -0.39 is 6.04 Å². The number of amides is 2. The van der Waals surface area contributed by atoms with Crippen LogP contribution >= 0.6 is 0 Å². The number of likely N-dealkylation sites (tertiary alicyclic amines) is 1. The van der Waals surface area contributed by atoms with Crippen LogP contribution < -0.4 is 10.9 Å². The van der Waals surface area contributed by atoms with Gasteiger partial charge in [0.15, 0.2) is 0 Å². The maximum Gasteiger partial charge on any atom is 0.258 e. The first kappa shape index (κ1) is 21.4. The second kappa shape index (κ2) is 8.50. The van der Waals surface area contributed by atoms with Gasteiger partial charge in [0.05, 0.1) is 6.04 Å². The number of nitrogens with one attached hydrogen (secondary N) is 1. The van der Waals surface area contributed by atoms with Crippen LogP contribution in [0.25, 0.3) is 5.57 Å². The number of aromatic nitrogens is 1. The summed E-state index contributed by atoms with van der Waals surface area (Å²) >= 11 is 0. The van der Waals surface area contributed by atoms with Crippen LogP contribution in [0.2, 0.25) is 0 Å². The van der Waals surface area contributed by atoms with Crippen molar-refractivity contribution in [3.8, 4) is 0 Å². The highest BCUT2D eigenvalue weighted by Gasteiger charge is 2.57. The van der Waals surface area contributed by atoms with Crippen molar-refractivity contribution < 1.29 is 14.7 Å². The van der Waals surface area contributed by atoms with Gasteiger partial charge in [-0.3, -0.25) is 14.4 Å². The number of hydrogen-bond donors (Lipinski definition) is 2. The lowest BCUT2D eigenvalue weighted by Crippen LogP contribution is -2.52. The molecule has 7 nitrogen and oxygen atoms in total. The first-order valence-electron chi connectivity index (χ1n) is 12.2. The summed E-state index contributed by atoms with van der Waals surface area (Å²) in [5.41, 5.74) is 2.63. The fourth-order valence-electron chi connectivity index (χ4n) is 6.47. The fraction of sp³-hybridized carbons (Fsp3) is 0.640. The molecule has 4 atom stereocenters. The first-order chi connectivity index (χ1) is 15.5. The van der Waals surface area contributed by atoms with Crippen molar-refractivity contribution in [2.75, 3.05) is 6.61 Å². The van der Waals surface area contributed by atoms with Crippen molar-refractivity contribution in [1.82, 2.24) is 14.8 Å². The van der Waals surface area contributed by atoms with Crippen LogP contribution in [-0.2, 0) is 16.1 Å². The Morgan fingerprint density at radius 3 is 2.62 bits per heavy atom. The van der Waals surface area contributed by atoms with E-state index in [1.807, 2.05) is 12.1 Å².